The SMILES string of the molecule is COc1ccc(OCC(=O)OC(C)C(=O)NC(=O)NC2CC2)cc1. The molecule has 1 fully saturated rings. The molecular weight excluding hydrogens is 316 g/mol. The van der Waals surface area contributed by atoms with E-state index < -0.39 is 24.0 Å². The molecule has 0 saturated heterocycles. The number of hydrogen-bond donors (Lipinski definition) is 2. The van der Waals surface area contributed by atoms with Crippen LogP contribution in [0.3, 0.4) is 0 Å². The molecule has 1 aromatic carbocycles. The van der Waals surface area contributed by atoms with Gasteiger partial charge < -0.3 is 19.5 Å². The van der Waals surface area contributed by atoms with Crippen LogP contribution < -0.4 is 20.1 Å². The van der Waals surface area contributed by atoms with Crippen LogP contribution in [0.2, 0.25) is 0 Å². The third-order valence-electron chi connectivity index (χ3n) is 3.24. The molecule has 3 amide bonds. The molecule has 2 rings (SSSR count). The van der Waals surface area contributed by atoms with E-state index in [1.165, 1.54) is 6.92 Å². The third-order valence-corrected chi connectivity index (χ3v) is 3.24. The fourth-order valence-electron chi connectivity index (χ4n) is 1.76. The average Bonchev–Trinajstić information content (AvgIpc) is 3.37. The maximum Gasteiger partial charge on any atom is 0.344 e. The van der Waals surface area contributed by atoms with Gasteiger partial charge in [-0.15, -0.1) is 0 Å². The van der Waals surface area contributed by atoms with E-state index in [1.54, 1.807) is 31.4 Å². The summed E-state index contributed by atoms with van der Waals surface area (Å²) < 4.78 is 15.2. The fraction of sp³-hybridized carbons (Fsp3) is 0.438. The van der Waals surface area contributed by atoms with Gasteiger partial charge in [0, 0.05) is 6.04 Å². The van der Waals surface area contributed by atoms with Gasteiger partial charge in [-0.05, 0) is 44.0 Å². The van der Waals surface area contributed by atoms with Crippen molar-refractivity contribution in [3.05, 3.63) is 24.3 Å². The number of rotatable bonds is 7. The highest BCUT2D eigenvalue weighted by Crippen LogP contribution is 2.18. The highest BCUT2D eigenvalue weighted by molar-refractivity contribution is 5.97. The molecule has 130 valence electrons. The molecule has 8 nitrogen and oxygen atoms in total. The van der Waals surface area contributed by atoms with Gasteiger partial charge in [-0.2, -0.15) is 0 Å². The number of hydrogen-bond acceptors (Lipinski definition) is 6. The first kappa shape index (κ1) is 17.6. The Labute approximate surface area is 139 Å². The summed E-state index contributed by atoms with van der Waals surface area (Å²) in [5, 5.41) is 4.72. The average molecular weight is 336 g/mol. The monoisotopic (exact) mass is 336 g/mol. The van der Waals surface area contributed by atoms with Gasteiger partial charge in [-0.3, -0.25) is 10.1 Å². The predicted molar refractivity (Wildman–Crippen MR) is 83.7 cm³/mol. The molecule has 0 spiro atoms. The van der Waals surface area contributed by atoms with Crippen LogP contribution in [0.5, 0.6) is 11.5 Å². The van der Waals surface area contributed by atoms with Crippen LogP contribution in [0, 0.1) is 0 Å². The molecule has 1 saturated carbocycles. The van der Waals surface area contributed by atoms with E-state index in [1.807, 2.05) is 0 Å². The lowest BCUT2D eigenvalue weighted by Gasteiger charge is -2.13. The number of methoxy groups -OCH3 is 1. The van der Waals surface area contributed by atoms with Gasteiger partial charge >= 0.3 is 12.0 Å². The molecule has 0 aromatic heterocycles. The summed E-state index contributed by atoms with van der Waals surface area (Å²) in [5.74, 6) is -0.268. The molecule has 1 aliphatic carbocycles. The minimum atomic E-state index is -1.10. The second kappa shape index (κ2) is 8.19. The second-order valence-corrected chi connectivity index (χ2v) is 5.33. The summed E-state index contributed by atoms with van der Waals surface area (Å²) in [6.45, 7) is 1.03. The van der Waals surface area contributed by atoms with Crippen LogP contribution in [-0.2, 0) is 14.3 Å². The van der Waals surface area contributed by atoms with E-state index in [2.05, 4.69) is 10.6 Å². The lowest BCUT2D eigenvalue weighted by Crippen LogP contribution is -2.45. The largest absolute Gasteiger partial charge is 0.497 e. The zero-order valence-electron chi connectivity index (χ0n) is 13.5. The van der Waals surface area contributed by atoms with Gasteiger partial charge in [-0.25, -0.2) is 9.59 Å². The van der Waals surface area contributed by atoms with E-state index in [-0.39, 0.29) is 12.6 Å². The summed E-state index contributed by atoms with van der Waals surface area (Å²) in [6.07, 6.45) is 0.728. The molecular formula is C16H20N2O6. The van der Waals surface area contributed by atoms with E-state index in [0.29, 0.717) is 11.5 Å². The maximum absolute atomic E-state index is 11.7. The number of benzene rings is 1. The van der Waals surface area contributed by atoms with Crippen molar-refractivity contribution in [1.29, 1.82) is 0 Å². The number of urea groups is 1. The number of nitrogens with one attached hydrogen (secondary N) is 2. The molecule has 8 heteroatoms. The number of esters is 1. The number of imide groups is 1. The molecule has 1 atom stereocenters. The minimum Gasteiger partial charge on any atom is -0.497 e. The van der Waals surface area contributed by atoms with Gasteiger partial charge in [0.2, 0.25) is 0 Å². The van der Waals surface area contributed by atoms with Crippen LogP contribution in [0.25, 0.3) is 0 Å². The lowest BCUT2D eigenvalue weighted by molar-refractivity contribution is -0.156. The Hall–Kier alpha value is -2.77. The van der Waals surface area contributed by atoms with Gasteiger partial charge in [-0.1, -0.05) is 0 Å². The summed E-state index contributed by atoms with van der Waals surface area (Å²) in [4.78, 5) is 34.8. The van der Waals surface area contributed by atoms with Crippen LogP contribution in [0.1, 0.15) is 19.8 Å². The number of carbonyl (C=O) groups excluding carboxylic acids is 3. The molecule has 1 aliphatic rings. The van der Waals surface area contributed by atoms with Crippen molar-refractivity contribution in [2.45, 2.75) is 31.9 Å². The van der Waals surface area contributed by atoms with Gasteiger partial charge in [0.05, 0.1) is 7.11 Å². The van der Waals surface area contributed by atoms with Crippen LogP contribution in [0.4, 0.5) is 4.79 Å². The highest BCUT2D eigenvalue weighted by Gasteiger charge is 2.26. The Balaban J connectivity index is 1.69. The van der Waals surface area contributed by atoms with Crippen LogP contribution >= 0.6 is 0 Å². The molecule has 0 aliphatic heterocycles. The van der Waals surface area contributed by atoms with Crippen LogP contribution in [0.15, 0.2) is 24.3 Å². The molecule has 24 heavy (non-hydrogen) atoms. The van der Waals surface area contributed by atoms with Crippen molar-refractivity contribution in [3.63, 3.8) is 0 Å². The maximum atomic E-state index is 11.7. The summed E-state index contributed by atoms with van der Waals surface area (Å²) in [5.41, 5.74) is 0. The van der Waals surface area contributed by atoms with Crippen molar-refractivity contribution >= 4 is 17.9 Å². The van der Waals surface area contributed by atoms with Crippen molar-refractivity contribution in [1.82, 2.24) is 10.6 Å². The van der Waals surface area contributed by atoms with Crippen molar-refractivity contribution in [2.24, 2.45) is 0 Å². The predicted octanol–water partition coefficient (Wildman–Crippen LogP) is 0.994. The number of carbonyl (C=O) groups is 3. The normalized spacial score (nSPS) is 14.2. The Morgan fingerprint density at radius 2 is 1.79 bits per heavy atom. The zero-order valence-corrected chi connectivity index (χ0v) is 13.5. The smallest absolute Gasteiger partial charge is 0.344 e. The first-order valence-electron chi connectivity index (χ1n) is 7.55. The fourth-order valence-corrected chi connectivity index (χ4v) is 1.76. The van der Waals surface area contributed by atoms with Gasteiger partial charge in [0.15, 0.2) is 12.7 Å². The Morgan fingerprint density at radius 1 is 1.17 bits per heavy atom. The van der Waals surface area contributed by atoms with Crippen molar-refractivity contribution in [2.75, 3.05) is 13.7 Å². The second-order valence-electron chi connectivity index (χ2n) is 5.33. The first-order chi connectivity index (χ1) is 11.5. The van der Waals surface area contributed by atoms with Gasteiger partial charge in [0.1, 0.15) is 11.5 Å². The molecule has 1 unspecified atom stereocenters. The van der Waals surface area contributed by atoms with E-state index in [0.717, 1.165) is 12.8 Å². The first-order valence-corrected chi connectivity index (χ1v) is 7.55. The quantitative estimate of drug-likeness (QED) is 0.720. The summed E-state index contributed by atoms with van der Waals surface area (Å²) in [6, 6.07) is 6.22. The Bertz CT molecular complexity index is 597. The Kier molecular flexibility index (Phi) is 6.00. The number of ether oxygens (including phenoxy) is 3. The Morgan fingerprint density at radius 3 is 2.38 bits per heavy atom. The highest BCUT2D eigenvalue weighted by atomic mass is 16.6. The molecule has 0 heterocycles. The molecule has 0 radical (unpaired) electrons. The third kappa shape index (κ3) is 5.79. The number of amides is 3. The van der Waals surface area contributed by atoms with Gasteiger partial charge in [0.25, 0.3) is 5.91 Å². The zero-order chi connectivity index (χ0) is 17.5. The van der Waals surface area contributed by atoms with Crippen LogP contribution in [-0.4, -0.2) is 43.8 Å². The lowest BCUT2D eigenvalue weighted by atomic mass is 10.3. The van der Waals surface area contributed by atoms with E-state index in [4.69, 9.17) is 14.2 Å². The summed E-state index contributed by atoms with van der Waals surface area (Å²) in [7, 11) is 1.55. The molecule has 2 N–H and O–H groups in total. The van der Waals surface area contributed by atoms with Crippen molar-refractivity contribution in [3.8, 4) is 11.5 Å². The molecule has 0 bridgehead atoms. The van der Waals surface area contributed by atoms with E-state index >= 15 is 0 Å². The minimum absolute atomic E-state index is 0.133. The van der Waals surface area contributed by atoms with E-state index in [9.17, 15) is 14.4 Å². The summed E-state index contributed by atoms with van der Waals surface area (Å²) >= 11 is 0. The standard InChI is InChI=1S/C16H20N2O6/c1-10(15(20)18-16(21)17-11-3-4-11)24-14(19)9-23-13-7-5-12(22-2)6-8-13/h5-8,10-11H,3-4,9H2,1-2H3,(H2,17,18,20,21). The molecule has 1 aromatic rings. The topological polar surface area (TPSA) is 103 Å². The van der Waals surface area contributed by atoms with Crippen molar-refractivity contribution < 1.29 is 28.6 Å².